The van der Waals surface area contributed by atoms with E-state index in [4.69, 9.17) is 25.8 Å². The van der Waals surface area contributed by atoms with Gasteiger partial charge in [0.15, 0.2) is 11.5 Å². The molecule has 134 valence electrons. The molecular weight excluding hydrogens is 342 g/mol. The lowest BCUT2D eigenvalue weighted by molar-refractivity contribution is 0.0773. The van der Waals surface area contributed by atoms with Gasteiger partial charge >= 0.3 is 0 Å². The quantitative estimate of drug-likeness (QED) is 0.750. The van der Waals surface area contributed by atoms with Crippen LogP contribution in [0.15, 0.2) is 36.4 Å². The second-order valence-electron chi connectivity index (χ2n) is 5.58. The predicted molar refractivity (Wildman–Crippen MR) is 98.2 cm³/mol. The fourth-order valence-electron chi connectivity index (χ4n) is 2.30. The molecule has 0 aliphatic heterocycles. The summed E-state index contributed by atoms with van der Waals surface area (Å²) in [5.41, 5.74) is 1.60. The number of hydrogen-bond acceptors (Lipinski definition) is 4. The Morgan fingerprint density at radius 2 is 1.80 bits per heavy atom. The van der Waals surface area contributed by atoms with Crippen molar-refractivity contribution >= 4 is 17.5 Å². The van der Waals surface area contributed by atoms with Crippen LogP contribution in [0.4, 0.5) is 0 Å². The summed E-state index contributed by atoms with van der Waals surface area (Å²) in [6, 6.07) is 11.0. The van der Waals surface area contributed by atoms with Crippen LogP contribution in [0.25, 0.3) is 0 Å². The molecule has 2 aromatic rings. The van der Waals surface area contributed by atoms with Gasteiger partial charge in [-0.15, -0.1) is 0 Å². The van der Waals surface area contributed by atoms with Gasteiger partial charge in [0.25, 0.3) is 5.91 Å². The van der Waals surface area contributed by atoms with Crippen LogP contribution in [-0.2, 0) is 0 Å². The Morgan fingerprint density at radius 1 is 1.12 bits per heavy atom. The topological polar surface area (TPSA) is 48.0 Å². The molecule has 0 spiro atoms. The van der Waals surface area contributed by atoms with Crippen LogP contribution in [0.1, 0.15) is 15.9 Å². The SMILES string of the molecule is COc1cc(C(=O)N(C)CCOc2ccc(C)cc2)cc(Cl)c1OC. The molecule has 25 heavy (non-hydrogen) atoms. The molecule has 0 heterocycles. The summed E-state index contributed by atoms with van der Waals surface area (Å²) in [4.78, 5) is 14.1. The van der Waals surface area contributed by atoms with Crippen molar-refractivity contribution in [2.45, 2.75) is 6.92 Å². The highest BCUT2D eigenvalue weighted by Gasteiger charge is 2.18. The molecule has 0 aliphatic rings. The summed E-state index contributed by atoms with van der Waals surface area (Å²) in [5.74, 6) is 1.43. The molecule has 0 unspecified atom stereocenters. The van der Waals surface area contributed by atoms with E-state index in [2.05, 4.69) is 0 Å². The summed E-state index contributed by atoms with van der Waals surface area (Å²) in [6.45, 7) is 2.86. The number of halogens is 1. The largest absolute Gasteiger partial charge is 0.493 e. The fourth-order valence-corrected chi connectivity index (χ4v) is 2.59. The van der Waals surface area contributed by atoms with Crippen molar-refractivity contribution in [3.8, 4) is 17.2 Å². The summed E-state index contributed by atoms with van der Waals surface area (Å²) in [6.07, 6.45) is 0. The number of carbonyl (C=O) groups is 1. The van der Waals surface area contributed by atoms with Gasteiger partial charge in [0.1, 0.15) is 12.4 Å². The first-order valence-corrected chi connectivity index (χ1v) is 8.20. The third-order valence-electron chi connectivity index (χ3n) is 3.74. The number of nitrogens with zero attached hydrogens (tertiary/aromatic N) is 1. The summed E-state index contributed by atoms with van der Waals surface area (Å²) < 4.78 is 16.1. The Hall–Kier alpha value is -2.40. The van der Waals surface area contributed by atoms with Gasteiger partial charge in [-0.05, 0) is 31.2 Å². The number of methoxy groups -OCH3 is 2. The van der Waals surface area contributed by atoms with Gasteiger partial charge in [-0.1, -0.05) is 29.3 Å². The Kier molecular flexibility index (Phi) is 6.53. The smallest absolute Gasteiger partial charge is 0.253 e. The van der Waals surface area contributed by atoms with E-state index >= 15 is 0 Å². The number of likely N-dealkylation sites (N-methyl/N-ethyl adjacent to an activating group) is 1. The van der Waals surface area contributed by atoms with Gasteiger partial charge in [0, 0.05) is 12.6 Å². The molecule has 0 saturated carbocycles. The van der Waals surface area contributed by atoms with Crippen LogP contribution in [0.5, 0.6) is 17.2 Å². The molecule has 0 aliphatic carbocycles. The zero-order valence-electron chi connectivity index (χ0n) is 14.8. The average molecular weight is 364 g/mol. The Bertz CT molecular complexity index is 731. The zero-order chi connectivity index (χ0) is 18.4. The van der Waals surface area contributed by atoms with E-state index in [9.17, 15) is 4.79 Å². The van der Waals surface area contributed by atoms with Crippen LogP contribution in [0, 0.1) is 6.92 Å². The Balaban J connectivity index is 1.99. The molecule has 1 amide bonds. The van der Waals surface area contributed by atoms with Gasteiger partial charge in [-0.2, -0.15) is 0 Å². The maximum absolute atomic E-state index is 12.6. The first-order valence-electron chi connectivity index (χ1n) is 7.82. The maximum Gasteiger partial charge on any atom is 0.253 e. The van der Waals surface area contributed by atoms with Crippen LogP contribution < -0.4 is 14.2 Å². The molecule has 0 saturated heterocycles. The van der Waals surface area contributed by atoms with Crippen molar-refractivity contribution < 1.29 is 19.0 Å². The van der Waals surface area contributed by atoms with Gasteiger partial charge in [-0.3, -0.25) is 4.79 Å². The van der Waals surface area contributed by atoms with Crippen LogP contribution in [-0.4, -0.2) is 45.2 Å². The molecule has 0 aromatic heterocycles. The minimum absolute atomic E-state index is 0.171. The number of carbonyl (C=O) groups excluding carboxylic acids is 1. The summed E-state index contributed by atoms with van der Waals surface area (Å²) in [5, 5.41) is 0.328. The fraction of sp³-hybridized carbons (Fsp3) is 0.316. The average Bonchev–Trinajstić information content (AvgIpc) is 2.61. The Morgan fingerprint density at radius 3 is 2.40 bits per heavy atom. The van der Waals surface area contributed by atoms with Crippen molar-refractivity contribution in [1.82, 2.24) is 4.90 Å². The molecule has 5 nitrogen and oxygen atoms in total. The van der Waals surface area contributed by atoms with E-state index in [1.807, 2.05) is 31.2 Å². The molecule has 2 aromatic carbocycles. The molecule has 0 atom stereocenters. The minimum atomic E-state index is -0.171. The van der Waals surface area contributed by atoms with Gasteiger partial charge < -0.3 is 19.1 Å². The highest BCUT2D eigenvalue weighted by molar-refractivity contribution is 6.32. The summed E-state index contributed by atoms with van der Waals surface area (Å²) >= 11 is 6.16. The Labute approximate surface area is 153 Å². The lowest BCUT2D eigenvalue weighted by Gasteiger charge is -2.19. The maximum atomic E-state index is 12.6. The van der Waals surface area contributed by atoms with Gasteiger partial charge in [-0.25, -0.2) is 0 Å². The third-order valence-corrected chi connectivity index (χ3v) is 4.02. The lowest BCUT2D eigenvalue weighted by Crippen LogP contribution is -2.30. The standard InChI is InChI=1S/C19H22ClNO4/c1-13-5-7-15(8-6-13)25-10-9-21(2)19(22)14-11-16(20)18(24-4)17(12-14)23-3/h5-8,11-12H,9-10H2,1-4H3. The van der Waals surface area contributed by atoms with E-state index in [0.29, 0.717) is 35.2 Å². The van der Waals surface area contributed by atoms with Crippen molar-refractivity contribution in [2.24, 2.45) is 0 Å². The van der Waals surface area contributed by atoms with E-state index in [0.717, 1.165) is 5.75 Å². The van der Waals surface area contributed by atoms with E-state index < -0.39 is 0 Å². The minimum Gasteiger partial charge on any atom is -0.493 e. The first-order chi connectivity index (χ1) is 12.0. The first kappa shape index (κ1) is 18.9. The van der Waals surface area contributed by atoms with Crippen LogP contribution >= 0.6 is 11.6 Å². The summed E-state index contributed by atoms with van der Waals surface area (Å²) in [7, 11) is 4.72. The molecule has 2 rings (SSSR count). The van der Waals surface area contributed by atoms with Crippen molar-refractivity contribution in [1.29, 1.82) is 0 Å². The molecule has 0 bridgehead atoms. The molecule has 6 heteroatoms. The molecule has 0 fully saturated rings. The van der Waals surface area contributed by atoms with Crippen molar-refractivity contribution in [3.63, 3.8) is 0 Å². The molecule has 0 radical (unpaired) electrons. The highest BCUT2D eigenvalue weighted by Crippen LogP contribution is 2.36. The van der Waals surface area contributed by atoms with E-state index in [1.165, 1.54) is 19.8 Å². The van der Waals surface area contributed by atoms with Crippen molar-refractivity contribution in [3.05, 3.63) is 52.5 Å². The number of hydrogen-bond donors (Lipinski definition) is 0. The van der Waals surface area contributed by atoms with Crippen LogP contribution in [0.3, 0.4) is 0 Å². The van der Waals surface area contributed by atoms with Crippen LogP contribution in [0.2, 0.25) is 5.02 Å². The second kappa shape index (κ2) is 8.62. The van der Waals surface area contributed by atoms with Crippen molar-refractivity contribution in [2.75, 3.05) is 34.4 Å². The highest BCUT2D eigenvalue weighted by atomic mass is 35.5. The third kappa shape index (κ3) is 4.79. The lowest BCUT2D eigenvalue weighted by atomic mass is 10.1. The monoisotopic (exact) mass is 363 g/mol. The number of rotatable bonds is 7. The number of ether oxygens (including phenoxy) is 3. The number of benzene rings is 2. The van der Waals surface area contributed by atoms with E-state index in [-0.39, 0.29) is 5.91 Å². The van der Waals surface area contributed by atoms with Gasteiger partial charge in [0.2, 0.25) is 0 Å². The zero-order valence-corrected chi connectivity index (χ0v) is 15.6. The molecular formula is C19H22ClNO4. The number of amides is 1. The predicted octanol–water partition coefficient (Wildman–Crippen LogP) is 3.82. The van der Waals surface area contributed by atoms with Gasteiger partial charge in [0.05, 0.1) is 25.8 Å². The number of aryl methyl sites for hydroxylation is 1. The normalized spacial score (nSPS) is 10.3. The molecule has 0 N–H and O–H groups in total. The second-order valence-corrected chi connectivity index (χ2v) is 5.99. The van der Waals surface area contributed by atoms with E-state index in [1.54, 1.807) is 24.1 Å².